The Morgan fingerprint density at radius 1 is 1.12 bits per heavy atom. The van der Waals surface area contributed by atoms with Crippen LogP contribution in [0, 0.1) is 11.8 Å². The smallest absolute Gasteiger partial charge is 0.0107 e. The molecule has 0 aromatic carbocycles. The average Bonchev–Trinajstić information content (AvgIpc) is 2.33. The molecule has 1 saturated heterocycles. The maximum Gasteiger partial charge on any atom is 0.0107 e. The second kappa shape index (κ2) is 6.41. The van der Waals surface area contributed by atoms with Crippen LogP contribution < -0.4 is 5.32 Å². The average molecular weight is 222 g/mol. The van der Waals surface area contributed by atoms with Crippen molar-refractivity contribution >= 4 is 0 Å². The molecule has 1 aliphatic carbocycles. The van der Waals surface area contributed by atoms with Gasteiger partial charge in [0, 0.05) is 32.7 Å². The van der Waals surface area contributed by atoms with E-state index in [4.69, 9.17) is 0 Å². The Hall–Kier alpha value is -0.340. The van der Waals surface area contributed by atoms with Crippen LogP contribution in [-0.4, -0.2) is 37.6 Å². The fourth-order valence-corrected chi connectivity index (χ4v) is 3.09. The van der Waals surface area contributed by atoms with E-state index in [0.717, 1.165) is 11.8 Å². The third kappa shape index (κ3) is 3.60. The van der Waals surface area contributed by atoms with Crippen molar-refractivity contribution in [1.29, 1.82) is 0 Å². The summed E-state index contributed by atoms with van der Waals surface area (Å²) in [5.41, 5.74) is 0. The fraction of sp³-hybridized carbons (Fsp3) is 0.857. The van der Waals surface area contributed by atoms with Crippen molar-refractivity contribution in [2.24, 2.45) is 11.8 Å². The lowest BCUT2D eigenvalue weighted by Gasteiger charge is -2.34. The molecule has 1 aliphatic heterocycles. The molecule has 2 rings (SSSR count). The second-order valence-electron chi connectivity index (χ2n) is 5.36. The summed E-state index contributed by atoms with van der Waals surface area (Å²) in [4.78, 5) is 2.65. The molecule has 2 heteroatoms. The first-order valence-corrected chi connectivity index (χ1v) is 6.94. The van der Waals surface area contributed by atoms with E-state index in [2.05, 4.69) is 29.3 Å². The highest BCUT2D eigenvalue weighted by Gasteiger charge is 2.22. The maximum atomic E-state index is 3.42. The third-order valence-electron chi connectivity index (χ3n) is 4.08. The topological polar surface area (TPSA) is 15.3 Å². The van der Waals surface area contributed by atoms with Crippen LogP contribution in [0.15, 0.2) is 12.2 Å². The highest BCUT2D eigenvalue weighted by atomic mass is 15.2. The number of nitrogens with zero attached hydrogens (tertiary/aromatic N) is 1. The van der Waals surface area contributed by atoms with E-state index >= 15 is 0 Å². The van der Waals surface area contributed by atoms with Gasteiger partial charge in [-0.25, -0.2) is 0 Å². The lowest BCUT2D eigenvalue weighted by Crippen LogP contribution is -2.45. The van der Waals surface area contributed by atoms with Gasteiger partial charge in [0.2, 0.25) is 0 Å². The summed E-state index contributed by atoms with van der Waals surface area (Å²) in [7, 11) is 0. The zero-order valence-corrected chi connectivity index (χ0v) is 10.6. The molecule has 0 aromatic heterocycles. The Kier molecular flexibility index (Phi) is 4.86. The molecule has 2 fully saturated rings. The van der Waals surface area contributed by atoms with Crippen molar-refractivity contribution in [2.45, 2.75) is 32.6 Å². The fourth-order valence-electron chi connectivity index (χ4n) is 3.09. The van der Waals surface area contributed by atoms with Crippen molar-refractivity contribution < 1.29 is 0 Å². The van der Waals surface area contributed by atoms with Crippen LogP contribution >= 0.6 is 0 Å². The van der Waals surface area contributed by atoms with Gasteiger partial charge in [-0.1, -0.05) is 12.2 Å². The zero-order valence-electron chi connectivity index (χ0n) is 10.6. The number of nitrogens with one attached hydrogen (secondary N) is 1. The summed E-state index contributed by atoms with van der Waals surface area (Å²) in [6.45, 7) is 8.39. The monoisotopic (exact) mass is 222 g/mol. The normalized spacial score (nSPS) is 33.3. The molecular weight excluding hydrogens is 196 g/mol. The molecule has 2 nitrogen and oxygen atoms in total. The Labute approximate surface area is 100 Å². The van der Waals surface area contributed by atoms with Gasteiger partial charge in [0.25, 0.3) is 0 Å². The summed E-state index contributed by atoms with van der Waals surface area (Å²) in [6.07, 6.45) is 10.3. The number of hydrogen-bond donors (Lipinski definition) is 1. The Balaban J connectivity index is 1.68. The second-order valence-corrected chi connectivity index (χ2v) is 5.36. The first-order valence-electron chi connectivity index (χ1n) is 6.94. The SMILES string of the molecule is C/C=C\C1CCC(CN2CCNCC2)CC1. The highest BCUT2D eigenvalue weighted by Crippen LogP contribution is 2.30. The quantitative estimate of drug-likeness (QED) is 0.737. The van der Waals surface area contributed by atoms with Crippen LogP contribution in [0.1, 0.15) is 32.6 Å². The van der Waals surface area contributed by atoms with Crippen LogP contribution in [0.3, 0.4) is 0 Å². The minimum Gasteiger partial charge on any atom is -0.314 e. The van der Waals surface area contributed by atoms with Gasteiger partial charge in [-0.05, 0) is 44.4 Å². The lowest BCUT2D eigenvalue weighted by molar-refractivity contribution is 0.173. The molecular formula is C14H26N2. The van der Waals surface area contributed by atoms with Crippen molar-refractivity contribution in [1.82, 2.24) is 10.2 Å². The molecule has 0 atom stereocenters. The van der Waals surface area contributed by atoms with E-state index in [0.29, 0.717) is 0 Å². The molecule has 1 heterocycles. The van der Waals surface area contributed by atoms with Crippen molar-refractivity contribution in [2.75, 3.05) is 32.7 Å². The molecule has 2 aliphatic rings. The molecule has 0 unspecified atom stereocenters. The highest BCUT2D eigenvalue weighted by molar-refractivity contribution is 4.89. The van der Waals surface area contributed by atoms with Crippen molar-refractivity contribution in [3.63, 3.8) is 0 Å². The largest absolute Gasteiger partial charge is 0.314 e. The number of allylic oxidation sites excluding steroid dienone is 2. The van der Waals surface area contributed by atoms with E-state index in [9.17, 15) is 0 Å². The predicted octanol–water partition coefficient (Wildman–Crippen LogP) is 2.27. The third-order valence-corrected chi connectivity index (χ3v) is 4.08. The molecule has 0 spiro atoms. The molecule has 1 saturated carbocycles. The number of piperazine rings is 1. The first kappa shape index (κ1) is 12.1. The van der Waals surface area contributed by atoms with E-state index < -0.39 is 0 Å². The Bertz CT molecular complexity index is 211. The molecule has 16 heavy (non-hydrogen) atoms. The van der Waals surface area contributed by atoms with Crippen LogP contribution in [-0.2, 0) is 0 Å². The van der Waals surface area contributed by atoms with Crippen molar-refractivity contribution in [3.05, 3.63) is 12.2 Å². The van der Waals surface area contributed by atoms with E-state index in [1.807, 2.05) is 0 Å². The number of rotatable bonds is 3. The van der Waals surface area contributed by atoms with E-state index in [1.165, 1.54) is 58.4 Å². The van der Waals surface area contributed by atoms with Gasteiger partial charge in [-0.2, -0.15) is 0 Å². The Morgan fingerprint density at radius 3 is 2.44 bits per heavy atom. The lowest BCUT2D eigenvalue weighted by atomic mass is 9.81. The van der Waals surface area contributed by atoms with Gasteiger partial charge in [-0.15, -0.1) is 0 Å². The summed E-state index contributed by atoms with van der Waals surface area (Å²) in [5.74, 6) is 1.85. The standard InChI is InChI=1S/C14H26N2/c1-2-3-13-4-6-14(7-5-13)12-16-10-8-15-9-11-16/h2-3,13-15H,4-12H2,1H3/b3-2-. The van der Waals surface area contributed by atoms with Crippen LogP contribution in [0.4, 0.5) is 0 Å². The summed E-state index contributed by atoms with van der Waals surface area (Å²) in [6, 6.07) is 0. The maximum absolute atomic E-state index is 3.42. The minimum absolute atomic E-state index is 0.879. The molecule has 0 aromatic rings. The summed E-state index contributed by atoms with van der Waals surface area (Å²) < 4.78 is 0. The molecule has 0 amide bonds. The van der Waals surface area contributed by atoms with Gasteiger partial charge >= 0.3 is 0 Å². The molecule has 0 bridgehead atoms. The van der Waals surface area contributed by atoms with Gasteiger partial charge in [0.15, 0.2) is 0 Å². The van der Waals surface area contributed by atoms with Gasteiger partial charge in [-0.3, -0.25) is 0 Å². The Morgan fingerprint density at radius 2 is 1.81 bits per heavy atom. The minimum atomic E-state index is 0.879. The van der Waals surface area contributed by atoms with Crippen LogP contribution in [0.25, 0.3) is 0 Å². The number of hydrogen-bond acceptors (Lipinski definition) is 2. The van der Waals surface area contributed by atoms with Gasteiger partial charge in [0.05, 0.1) is 0 Å². The van der Waals surface area contributed by atoms with Crippen molar-refractivity contribution in [3.8, 4) is 0 Å². The summed E-state index contributed by atoms with van der Waals surface area (Å²) >= 11 is 0. The molecule has 1 N–H and O–H groups in total. The van der Waals surface area contributed by atoms with Gasteiger partial charge in [0.1, 0.15) is 0 Å². The predicted molar refractivity (Wildman–Crippen MR) is 69.6 cm³/mol. The van der Waals surface area contributed by atoms with Crippen LogP contribution in [0.5, 0.6) is 0 Å². The van der Waals surface area contributed by atoms with Gasteiger partial charge < -0.3 is 10.2 Å². The summed E-state index contributed by atoms with van der Waals surface area (Å²) in [5, 5.41) is 3.42. The van der Waals surface area contributed by atoms with E-state index in [-0.39, 0.29) is 0 Å². The molecule has 92 valence electrons. The first-order chi connectivity index (χ1) is 7.88. The zero-order chi connectivity index (χ0) is 11.2. The molecule has 0 radical (unpaired) electrons. The van der Waals surface area contributed by atoms with Crippen LogP contribution in [0.2, 0.25) is 0 Å². The van der Waals surface area contributed by atoms with E-state index in [1.54, 1.807) is 0 Å².